The van der Waals surface area contributed by atoms with Crippen molar-refractivity contribution in [1.29, 1.82) is 0 Å². The van der Waals surface area contributed by atoms with Gasteiger partial charge in [-0.1, -0.05) is 61.5 Å². The molecule has 6 heteroatoms. The number of benzene rings is 3. The Labute approximate surface area is 226 Å². The third-order valence-corrected chi connectivity index (χ3v) is 7.19. The number of hydrogen-bond acceptors (Lipinski definition) is 5. The highest BCUT2D eigenvalue weighted by atomic mass is 16.5. The molecule has 1 aliphatic rings. The maximum atomic E-state index is 12.3. The van der Waals surface area contributed by atoms with E-state index in [1.54, 1.807) is 24.5 Å². The molecule has 39 heavy (non-hydrogen) atoms. The van der Waals surface area contributed by atoms with Gasteiger partial charge in [0.15, 0.2) is 5.76 Å². The number of allylic oxidation sites excluding steroid dienone is 1. The molecule has 194 valence electrons. The van der Waals surface area contributed by atoms with E-state index < -0.39 is 5.97 Å². The molecule has 3 heterocycles. The van der Waals surface area contributed by atoms with Gasteiger partial charge in [0.2, 0.25) is 0 Å². The molecule has 0 saturated carbocycles. The number of fused-ring (bicyclic) bond motifs is 2. The minimum Gasteiger partial charge on any atom is -0.478 e. The summed E-state index contributed by atoms with van der Waals surface area (Å²) in [5.74, 6) is 1.77. The largest absolute Gasteiger partial charge is 0.478 e. The first kappa shape index (κ1) is 24.5. The molecule has 1 unspecified atom stereocenters. The Morgan fingerprint density at radius 3 is 2.56 bits per heavy atom. The van der Waals surface area contributed by atoms with Crippen molar-refractivity contribution in [3.63, 3.8) is 0 Å². The van der Waals surface area contributed by atoms with E-state index in [-0.39, 0.29) is 11.6 Å². The Balaban J connectivity index is 1.34. The Morgan fingerprint density at radius 1 is 1.03 bits per heavy atom. The minimum atomic E-state index is -0.987. The maximum Gasteiger partial charge on any atom is 0.336 e. The number of carboxylic acids is 1. The van der Waals surface area contributed by atoms with Crippen LogP contribution in [-0.4, -0.2) is 22.1 Å². The average molecular weight is 517 g/mol. The third kappa shape index (κ3) is 4.66. The molecule has 5 aromatic rings. The van der Waals surface area contributed by atoms with Crippen molar-refractivity contribution >= 4 is 28.1 Å². The van der Waals surface area contributed by atoms with Crippen LogP contribution in [0, 0.1) is 0 Å². The summed E-state index contributed by atoms with van der Waals surface area (Å²) in [4.78, 5) is 19.4. The van der Waals surface area contributed by atoms with Gasteiger partial charge in [0.05, 0.1) is 11.8 Å². The van der Waals surface area contributed by atoms with Crippen LogP contribution in [0.15, 0.2) is 102 Å². The van der Waals surface area contributed by atoms with Crippen LogP contribution in [-0.2, 0) is 6.54 Å². The first-order valence-corrected chi connectivity index (χ1v) is 13.0. The lowest BCUT2D eigenvalue weighted by Gasteiger charge is -2.36. The third-order valence-electron chi connectivity index (χ3n) is 7.19. The van der Waals surface area contributed by atoms with Crippen LogP contribution >= 0.6 is 0 Å². The van der Waals surface area contributed by atoms with Gasteiger partial charge in [0.1, 0.15) is 23.0 Å². The fraction of sp³-hybridized carbons (Fsp3) is 0.152. The van der Waals surface area contributed by atoms with Gasteiger partial charge in [0, 0.05) is 23.5 Å². The summed E-state index contributed by atoms with van der Waals surface area (Å²) < 4.78 is 11.8. The summed E-state index contributed by atoms with van der Waals surface area (Å²) in [6.07, 6.45) is 4.56. The second kappa shape index (κ2) is 10.1. The highest BCUT2D eigenvalue weighted by Crippen LogP contribution is 2.39. The molecule has 0 spiro atoms. The molecule has 0 amide bonds. The van der Waals surface area contributed by atoms with Crippen molar-refractivity contribution in [2.24, 2.45) is 0 Å². The molecule has 1 atom stereocenters. The normalized spacial score (nSPS) is 14.7. The van der Waals surface area contributed by atoms with Crippen LogP contribution in [0.3, 0.4) is 0 Å². The second-order valence-electron chi connectivity index (χ2n) is 9.71. The van der Waals surface area contributed by atoms with E-state index in [1.165, 1.54) is 0 Å². The molecular weight excluding hydrogens is 488 g/mol. The topological polar surface area (TPSA) is 75.8 Å². The average Bonchev–Trinajstić information content (AvgIpc) is 3.50. The molecule has 1 aliphatic heterocycles. The number of aromatic carboxylic acids is 1. The molecule has 6 rings (SSSR count). The Morgan fingerprint density at radius 2 is 1.82 bits per heavy atom. The van der Waals surface area contributed by atoms with Crippen LogP contribution < -0.4 is 9.64 Å². The van der Waals surface area contributed by atoms with Gasteiger partial charge >= 0.3 is 5.97 Å². The molecule has 0 saturated heterocycles. The molecule has 0 aliphatic carbocycles. The number of ether oxygens (including phenoxy) is 1. The standard InChI is InChI=1S/C33H28N2O4/c1-3-24-18-21(2)31-27(33(36)37)19-28(30-12-7-17-38-30)34-32(31)35(24)20-22-13-15-25(16-14-22)39-29-11-6-9-23-8-4-5-10-26(23)29/h4-19,24H,3,20H2,1-2H3,(H,36,37). The highest BCUT2D eigenvalue weighted by molar-refractivity contribution is 5.99. The van der Waals surface area contributed by atoms with Crippen LogP contribution in [0.1, 0.15) is 41.8 Å². The first-order valence-electron chi connectivity index (χ1n) is 13.0. The summed E-state index contributed by atoms with van der Waals surface area (Å²) in [6, 6.07) is 27.5. The molecular formula is C33H28N2O4. The maximum absolute atomic E-state index is 12.3. The lowest BCUT2D eigenvalue weighted by atomic mass is 9.92. The molecule has 0 radical (unpaired) electrons. The van der Waals surface area contributed by atoms with Gasteiger partial charge in [-0.15, -0.1) is 0 Å². The van der Waals surface area contributed by atoms with Crippen LogP contribution in [0.4, 0.5) is 5.82 Å². The zero-order chi connectivity index (χ0) is 26.9. The van der Waals surface area contributed by atoms with E-state index >= 15 is 0 Å². The fourth-order valence-electron chi connectivity index (χ4n) is 5.27. The minimum absolute atomic E-state index is 0.0742. The van der Waals surface area contributed by atoms with E-state index in [2.05, 4.69) is 36.1 Å². The van der Waals surface area contributed by atoms with Crippen LogP contribution in [0.5, 0.6) is 11.5 Å². The van der Waals surface area contributed by atoms with Gasteiger partial charge in [-0.25, -0.2) is 9.78 Å². The first-order chi connectivity index (χ1) is 19.0. The molecule has 0 fully saturated rings. The molecule has 6 nitrogen and oxygen atoms in total. The zero-order valence-corrected chi connectivity index (χ0v) is 21.8. The number of aromatic nitrogens is 1. The number of furan rings is 1. The predicted octanol–water partition coefficient (Wildman–Crippen LogP) is 8.19. The van der Waals surface area contributed by atoms with Gasteiger partial charge in [-0.2, -0.15) is 0 Å². The Kier molecular flexibility index (Phi) is 6.37. The van der Waals surface area contributed by atoms with Gasteiger partial charge < -0.3 is 19.2 Å². The molecule has 0 bridgehead atoms. The van der Waals surface area contributed by atoms with Crippen molar-refractivity contribution in [3.8, 4) is 23.0 Å². The summed E-state index contributed by atoms with van der Waals surface area (Å²) in [6.45, 7) is 4.65. The Hall–Kier alpha value is -4.84. The molecule has 3 aromatic carbocycles. The fourth-order valence-corrected chi connectivity index (χ4v) is 5.27. The number of rotatable bonds is 7. The van der Waals surface area contributed by atoms with E-state index in [1.807, 2.05) is 55.5 Å². The summed E-state index contributed by atoms with van der Waals surface area (Å²) in [5.41, 5.74) is 3.36. The van der Waals surface area contributed by atoms with Gasteiger partial charge in [0.25, 0.3) is 0 Å². The van der Waals surface area contributed by atoms with Crippen LogP contribution in [0.2, 0.25) is 0 Å². The van der Waals surface area contributed by atoms with Crippen molar-refractivity contribution in [2.75, 3.05) is 4.90 Å². The van der Waals surface area contributed by atoms with E-state index in [0.717, 1.165) is 39.8 Å². The van der Waals surface area contributed by atoms with Crippen LogP contribution in [0.25, 0.3) is 27.8 Å². The number of carboxylic acid groups (broad SMARTS) is 1. The number of anilines is 1. The molecule has 2 aromatic heterocycles. The van der Waals surface area contributed by atoms with Gasteiger partial charge in [-0.3, -0.25) is 0 Å². The number of hydrogen-bond donors (Lipinski definition) is 1. The van der Waals surface area contributed by atoms with Crippen molar-refractivity contribution in [2.45, 2.75) is 32.9 Å². The van der Waals surface area contributed by atoms with E-state index in [9.17, 15) is 9.90 Å². The quantitative estimate of drug-likeness (QED) is 0.235. The predicted molar refractivity (Wildman–Crippen MR) is 153 cm³/mol. The van der Waals surface area contributed by atoms with Crippen molar-refractivity contribution in [1.82, 2.24) is 4.98 Å². The SMILES string of the molecule is CCC1C=C(C)c2c(C(=O)O)cc(-c3ccco3)nc2N1Cc1ccc(Oc2cccc3ccccc23)cc1. The van der Waals surface area contributed by atoms with Crippen molar-refractivity contribution < 1.29 is 19.1 Å². The summed E-state index contributed by atoms with van der Waals surface area (Å²) in [7, 11) is 0. The highest BCUT2D eigenvalue weighted by Gasteiger charge is 2.30. The summed E-state index contributed by atoms with van der Waals surface area (Å²) in [5, 5.41) is 12.3. The lowest BCUT2D eigenvalue weighted by Crippen LogP contribution is -2.37. The number of nitrogens with zero attached hydrogens (tertiary/aromatic N) is 2. The zero-order valence-electron chi connectivity index (χ0n) is 21.8. The van der Waals surface area contributed by atoms with E-state index in [4.69, 9.17) is 14.1 Å². The smallest absolute Gasteiger partial charge is 0.336 e. The van der Waals surface area contributed by atoms with Crippen molar-refractivity contribution in [3.05, 3.63) is 114 Å². The monoisotopic (exact) mass is 516 g/mol. The number of pyridine rings is 1. The lowest BCUT2D eigenvalue weighted by molar-refractivity contribution is 0.0696. The number of carbonyl (C=O) groups is 1. The Bertz CT molecular complexity index is 1680. The second-order valence-corrected chi connectivity index (χ2v) is 9.71. The van der Waals surface area contributed by atoms with E-state index in [0.29, 0.717) is 29.4 Å². The van der Waals surface area contributed by atoms with Gasteiger partial charge in [-0.05, 0) is 66.3 Å². The summed E-state index contributed by atoms with van der Waals surface area (Å²) >= 11 is 0. The molecule has 1 N–H and O–H groups in total.